The van der Waals surface area contributed by atoms with Crippen LogP contribution in [-0.2, 0) is 17.5 Å². The van der Waals surface area contributed by atoms with Crippen molar-refractivity contribution in [1.82, 2.24) is 9.47 Å². The lowest BCUT2D eigenvalue weighted by Gasteiger charge is -2.34. The van der Waals surface area contributed by atoms with Gasteiger partial charge in [-0.25, -0.2) is 0 Å². The summed E-state index contributed by atoms with van der Waals surface area (Å²) in [7, 11) is 2.07. The Morgan fingerprint density at radius 1 is 1.17 bits per heavy atom. The van der Waals surface area contributed by atoms with E-state index in [4.69, 9.17) is 11.6 Å². The first-order valence-electron chi connectivity index (χ1n) is 9.36. The number of aryl methyl sites for hydroxylation is 1. The first-order valence-corrected chi connectivity index (χ1v) is 9.73. The number of hydrogen-bond acceptors (Lipinski definition) is 4. The zero-order valence-corrected chi connectivity index (χ0v) is 17.3. The molecule has 1 aliphatic rings. The summed E-state index contributed by atoms with van der Waals surface area (Å²) in [6.45, 7) is 4.99. The molecule has 3 rings (SSSR count). The Balaban J connectivity index is 1.72. The predicted molar refractivity (Wildman–Crippen MR) is 110 cm³/mol. The number of halogens is 4. The molecule has 10 heteroatoms. The molecule has 1 aliphatic heterocycles. The smallest absolute Gasteiger partial charge is 0.369 e. The second-order valence-corrected chi connectivity index (χ2v) is 7.75. The van der Waals surface area contributed by atoms with Crippen LogP contribution in [0.3, 0.4) is 0 Å². The number of rotatable bonds is 4. The number of hydrogen-bond donors (Lipinski definition) is 1. The highest BCUT2D eigenvalue weighted by molar-refractivity contribution is 6.30. The Labute approximate surface area is 176 Å². The fraction of sp³-hybridized carbons (Fsp3) is 0.400. The van der Waals surface area contributed by atoms with Crippen molar-refractivity contribution in [3.63, 3.8) is 0 Å². The fourth-order valence-corrected chi connectivity index (χ4v) is 3.49. The maximum Gasteiger partial charge on any atom is 0.417 e. The van der Waals surface area contributed by atoms with Crippen LogP contribution >= 0.6 is 11.6 Å². The van der Waals surface area contributed by atoms with Crippen LogP contribution in [0.2, 0.25) is 5.02 Å². The van der Waals surface area contributed by atoms with Gasteiger partial charge in [0.15, 0.2) is 0 Å². The Morgan fingerprint density at radius 3 is 2.43 bits per heavy atom. The van der Waals surface area contributed by atoms with Crippen molar-refractivity contribution in [3.8, 4) is 0 Å². The number of carbonyl (C=O) groups is 1. The van der Waals surface area contributed by atoms with Gasteiger partial charge >= 0.3 is 6.18 Å². The number of carbonyl (C=O) groups excluding carboxylic acids is 1. The van der Waals surface area contributed by atoms with Crippen LogP contribution in [0, 0.1) is 6.92 Å². The van der Waals surface area contributed by atoms with Crippen LogP contribution in [0.15, 0.2) is 35.3 Å². The van der Waals surface area contributed by atoms with Gasteiger partial charge in [0.1, 0.15) is 11.6 Å². The molecule has 0 saturated carbocycles. The molecular weight excluding hydrogens is 421 g/mol. The van der Waals surface area contributed by atoms with Gasteiger partial charge in [-0.3, -0.25) is 9.59 Å². The molecule has 1 saturated heterocycles. The number of nitrogens with one attached hydrogen (secondary N) is 1. The number of aromatic nitrogens is 1. The van der Waals surface area contributed by atoms with Crippen LogP contribution in [0.25, 0.3) is 0 Å². The SMILES string of the molecule is Cc1cc(N2CCN(C)CC2)ccc1NC(=O)Cn1cc(C(F)(F)F)cc(Cl)c1=O. The van der Waals surface area contributed by atoms with Gasteiger partial charge in [-0.1, -0.05) is 11.6 Å². The Morgan fingerprint density at radius 2 is 1.83 bits per heavy atom. The molecule has 1 aromatic carbocycles. The number of amides is 1. The average molecular weight is 443 g/mol. The van der Waals surface area contributed by atoms with Crippen molar-refractivity contribution in [2.24, 2.45) is 0 Å². The van der Waals surface area contributed by atoms with E-state index in [1.54, 1.807) is 6.07 Å². The summed E-state index contributed by atoms with van der Waals surface area (Å²) < 4.78 is 39.5. The summed E-state index contributed by atoms with van der Waals surface area (Å²) in [5, 5.41) is 2.06. The zero-order valence-electron chi connectivity index (χ0n) is 16.6. The standard InChI is InChI=1S/C20H22ClF3N4O2/c1-13-9-15(27-7-5-26(2)6-8-27)3-4-17(13)25-18(29)12-28-11-14(20(22,23)24)10-16(21)19(28)30/h3-4,9-11H,5-8,12H2,1-2H3,(H,25,29). The van der Waals surface area contributed by atoms with Gasteiger partial charge < -0.3 is 19.7 Å². The van der Waals surface area contributed by atoms with E-state index in [-0.39, 0.29) is 0 Å². The maximum atomic E-state index is 12.9. The molecule has 162 valence electrons. The third kappa shape index (κ3) is 5.14. The summed E-state index contributed by atoms with van der Waals surface area (Å²) in [4.78, 5) is 28.9. The lowest BCUT2D eigenvalue weighted by atomic mass is 10.1. The first kappa shape index (κ1) is 22.2. The summed E-state index contributed by atoms with van der Waals surface area (Å²) in [5.41, 5.74) is 0.437. The van der Waals surface area contributed by atoms with Gasteiger partial charge in [0.25, 0.3) is 5.56 Å². The maximum absolute atomic E-state index is 12.9. The predicted octanol–water partition coefficient (Wildman–Crippen LogP) is 3.22. The molecule has 0 radical (unpaired) electrons. The molecule has 0 atom stereocenters. The van der Waals surface area contributed by atoms with Crippen molar-refractivity contribution in [2.45, 2.75) is 19.6 Å². The molecule has 1 N–H and O–H groups in total. The Kier molecular flexibility index (Phi) is 6.42. The van der Waals surface area contributed by atoms with E-state index in [1.165, 1.54) is 0 Å². The van der Waals surface area contributed by atoms with Crippen molar-refractivity contribution in [3.05, 3.63) is 57.0 Å². The van der Waals surface area contributed by atoms with Gasteiger partial charge in [-0.2, -0.15) is 13.2 Å². The summed E-state index contributed by atoms with van der Waals surface area (Å²) in [6.07, 6.45) is -4.08. The third-order valence-electron chi connectivity index (χ3n) is 5.04. The number of anilines is 2. The van der Waals surface area contributed by atoms with Crippen LogP contribution in [0.4, 0.5) is 24.5 Å². The number of alkyl halides is 3. The van der Waals surface area contributed by atoms with Crippen molar-refractivity contribution < 1.29 is 18.0 Å². The topological polar surface area (TPSA) is 57.6 Å². The molecule has 2 heterocycles. The molecule has 6 nitrogen and oxygen atoms in total. The summed E-state index contributed by atoms with van der Waals surface area (Å²) in [5.74, 6) is -0.622. The van der Waals surface area contributed by atoms with Gasteiger partial charge in [-0.05, 0) is 43.8 Å². The van der Waals surface area contributed by atoms with E-state index in [0.29, 0.717) is 22.5 Å². The van der Waals surface area contributed by atoms with E-state index in [1.807, 2.05) is 19.1 Å². The van der Waals surface area contributed by atoms with Gasteiger partial charge in [0.2, 0.25) is 5.91 Å². The summed E-state index contributed by atoms with van der Waals surface area (Å²) >= 11 is 5.62. The molecule has 0 bridgehead atoms. The monoisotopic (exact) mass is 442 g/mol. The third-order valence-corrected chi connectivity index (χ3v) is 5.31. The summed E-state index contributed by atoms with van der Waals surface area (Å²) in [6, 6.07) is 6.15. The molecular formula is C20H22ClF3N4O2. The van der Waals surface area contributed by atoms with E-state index >= 15 is 0 Å². The van der Waals surface area contributed by atoms with Gasteiger partial charge in [-0.15, -0.1) is 0 Å². The quantitative estimate of drug-likeness (QED) is 0.790. The highest BCUT2D eigenvalue weighted by Gasteiger charge is 2.32. The highest BCUT2D eigenvalue weighted by Crippen LogP contribution is 2.29. The van der Waals surface area contributed by atoms with Crippen LogP contribution in [0.1, 0.15) is 11.1 Å². The van der Waals surface area contributed by atoms with E-state index in [9.17, 15) is 22.8 Å². The van der Waals surface area contributed by atoms with Gasteiger partial charge in [0, 0.05) is 43.8 Å². The Bertz CT molecular complexity index is 999. The number of nitrogens with zero attached hydrogens (tertiary/aromatic N) is 3. The molecule has 0 aliphatic carbocycles. The minimum Gasteiger partial charge on any atom is -0.369 e. The Hall–Kier alpha value is -2.52. The number of benzene rings is 1. The molecule has 30 heavy (non-hydrogen) atoms. The number of likely N-dealkylation sites (N-methyl/N-ethyl adjacent to an activating group) is 1. The van der Waals surface area contributed by atoms with E-state index < -0.39 is 34.8 Å². The number of pyridine rings is 1. The highest BCUT2D eigenvalue weighted by atomic mass is 35.5. The van der Waals surface area contributed by atoms with E-state index in [2.05, 4.69) is 22.2 Å². The van der Waals surface area contributed by atoms with Crippen molar-refractivity contribution in [1.29, 1.82) is 0 Å². The molecule has 0 unspecified atom stereocenters. The zero-order chi connectivity index (χ0) is 22.1. The second kappa shape index (κ2) is 8.69. The fourth-order valence-electron chi connectivity index (χ4n) is 3.27. The first-order chi connectivity index (χ1) is 14.0. The molecule has 1 amide bonds. The largest absolute Gasteiger partial charge is 0.417 e. The minimum atomic E-state index is -4.68. The van der Waals surface area contributed by atoms with Crippen LogP contribution in [0.5, 0.6) is 0 Å². The van der Waals surface area contributed by atoms with E-state index in [0.717, 1.165) is 37.4 Å². The van der Waals surface area contributed by atoms with Gasteiger partial charge in [0.05, 0.1) is 5.56 Å². The molecule has 1 aromatic heterocycles. The number of piperazine rings is 1. The average Bonchev–Trinajstić information content (AvgIpc) is 2.66. The van der Waals surface area contributed by atoms with Crippen molar-refractivity contribution in [2.75, 3.05) is 43.4 Å². The normalized spacial score (nSPS) is 15.3. The molecule has 0 spiro atoms. The lowest BCUT2D eigenvalue weighted by Crippen LogP contribution is -2.44. The lowest BCUT2D eigenvalue weighted by molar-refractivity contribution is -0.138. The minimum absolute atomic E-state index is 0.531. The molecule has 2 aromatic rings. The second-order valence-electron chi connectivity index (χ2n) is 7.35. The van der Waals surface area contributed by atoms with Crippen LogP contribution in [-0.4, -0.2) is 48.6 Å². The van der Waals surface area contributed by atoms with Crippen LogP contribution < -0.4 is 15.8 Å². The van der Waals surface area contributed by atoms with Crippen molar-refractivity contribution >= 4 is 28.9 Å². The molecule has 1 fully saturated rings.